The van der Waals surface area contributed by atoms with E-state index in [0.717, 1.165) is 0 Å². The normalized spacial score (nSPS) is 10.4. The van der Waals surface area contributed by atoms with Gasteiger partial charge in [0.05, 0.1) is 30.7 Å². The van der Waals surface area contributed by atoms with Gasteiger partial charge in [0.2, 0.25) is 5.75 Å². The minimum atomic E-state index is -0.521. The van der Waals surface area contributed by atoms with Gasteiger partial charge in [-0.3, -0.25) is 14.8 Å². The molecule has 1 N–H and O–H groups in total. The molecule has 1 aromatic carbocycles. The molecule has 100 valence electrons. The standard InChI is InChI=1S/C11H12N4O4/c1-19-10-8(3-2-4-9(10)15(17)18)11-12-7-14(13-11)5-6-16/h2-4,7,16H,5-6H2,1H3. The number of aromatic nitrogens is 3. The number of nitro benzene ring substituents is 1. The SMILES string of the molecule is COc1c(-c2ncn(CCO)n2)cccc1[N+](=O)[O-]. The second-order valence-corrected chi connectivity index (χ2v) is 3.67. The zero-order chi connectivity index (χ0) is 13.8. The van der Waals surface area contributed by atoms with Gasteiger partial charge in [0.1, 0.15) is 6.33 Å². The minimum Gasteiger partial charge on any atom is -0.490 e. The van der Waals surface area contributed by atoms with Crippen molar-refractivity contribution in [3.63, 3.8) is 0 Å². The Labute approximate surface area is 108 Å². The Kier molecular flexibility index (Phi) is 3.71. The minimum absolute atomic E-state index is 0.0606. The Balaban J connectivity index is 2.48. The van der Waals surface area contributed by atoms with E-state index >= 15 is 0 Å². The summed E-state index contributed by atoms with van der Waals surface area (Å²) < 4.78 is 6.53. The zero-order valence-corrected chi connectivity index (χ0v) is 10.2. The lowest BCUT2D eigenvalue weighted by Gasteiger charge is -2.05. The van der Waals surface area contributed by atoms with E-state index in [2.05, 4.69) is 10.1 Å². The molecule has 0 saturated heterocycles. The first kappa shape index (κ1) is 13.0. The predicted molar refractivity (Wildman–Crippen MR) is 65.8 cm³/mol. The summed E-state index contributed by atoms with van der Waals surface area (Å²) in [5.41, 5.74) is 0.298. The van der Waals surface area contributed by atoms with Crippen LogP contribution in [0.15, 0.2) is 24.5 Å². The maximum Gasteiger partial charge on any atom is 0.311 e. The van der Waals surface area contributed by atoms with Crippen molar-refractivity contribution in [1.29, 1.82) is 0 Å². The van der Waals surface area contributed by atoms with Crippen LogP contribution in [-0.4, -0.2) is 38.5 Å². The van der Waals surface area contributed by atoms with Gasteiger partial charge in [0, 0.05) is 6.07 Å². The van der Waals surface area contributed by atoms with Crippen molar-refractivity contribution in [2.24, 2.45) is 0 Å². The highest BCUT2D eigenvalue weighted by Crippen LogP contribution is 2.35. The topological polar surface area (TPSA) is 103 Å². The molecule has 8 nitrogen and oxygen atoms in total. The van der Waals surface area contributed by atoms with E-state index in [9.17, 15) is 10.1 Å². The Morgan fingerprint density at radius 2 is 2.32 bits per heavy atom. The fraction of sp³-hybridized carbons (Fsp3) is 0.273. The van der Waals surface area contributed by atoms with Crippen molar-refractivity contribution in [2.75, 3.05) is 13.7 Å². The van der Waals surface area contributed by atoms with Crippen LogP contribution < -0.4 is 4.74 Å². The van der Waals surface area contributed by atoms with Gasteiger partial charge in [0.25, 0.3) is 0 Å². The molecule has 2 rings (SSSR count). The first-order valence-electron chi connectivity index (χ1n) is 5.49. The van der Waals surface area contributed by atoms with Gasteiger partial charge in [-0.05, 0) is 6.07 Å². The number of hydrogen-bond donors (Lipinski definition) is 1. The van der Waals surface area contributed by atoms with Gasteiger partial charge in [-0.25, -0.2) is 4.98 Å². The Hall–Kier alpha value is -2.48. The maximum atomic E-state index is 10.9. The Morgan fingerprint density at radius 1 is 1.53 bits per heavy atom. The van der Waals surface area contributed by atoms with E-state index in [1.807, 2.05) is 0 Å². The van der Waals surface area contributed by atoms with E-state index in [4.69, 9.17) is 9.84 Å². The van der Waals surface area contributed by atoms with Crippen molar-refractivity contribution in [3.8, 4) is 17.1 Å². The Morgan fingerprint density at radius 3 is 2.95 bits per heavy atom. The number of aliphatic hydroxyl groups is 1. The van der Waals surface area contributed by atoms with Gasteiger partial charge >= 0.3 is 5.69 Å². The molecule has 19 heavy (non-hydrogen) atoms. The van der Waals surface area contributed by atoms with E-state index in [1.165, 1.54) is 24.2 Å². The molecule has 0 aliphatic carbocycles. The number of benzene rings is 1. The van der Waals surface area contributed by atoms with Crippen LogP contribution in [0.2, 0.25) is 0 Å². The molecule has 1 aromatic heterocycles. The predicted octanol–water partition coefficient (Wildman–Crippen LogP) is 0.854. The van der Waals surface area contributed by atoms with Crippen LogP contribution in [0.3, 0.4) is 0 Å². The highest BCUT2D eigenvalue weighted by Gasteiger charge is 2.21. The summed E-state index contributed by atoms with van der Waals surface area (Å²) in [5.74, 6) is 0.434. The van der Waals surface area contributed by atoms with Gasteiger partial charge < -0.3 is 9.84 Å². The lowest BCUT2D eigenvalue weighted by molar-refractivity contribution is -0.385. The number of rotatable bonds is 5. The molecular formula is C11H12N4O4. The fourth-order valence-corrected chi connectivity index (χ4v) is 1.69. The molecule has 0 unspecified atom stereocenters. The monoisotopic (exact) mass is 264 g/mol. The largest absolute Gasteiger partial charge is 0.490 e. The van der Waals surface area contributed by atoms with Crippen LogP contribution in [0.4, 0.5) is 5.69 Å². The highest BCUT2D eigenvalue weighted by atomic mass is 16.6. The van der Waals surface area contributed by atoms with E-state index in [-0.39, 0.29) is 18.0 Å². The summed E-state index contributed by atoms with van der Waals surface area (Å²) in [6.45, 7) is 0.249. The van der Waals surface area contributed by atoms with Gasteiger partial charge in [-0.1, -0.05) is 6.07 Å². The summed E-state index contributed by atoms with van der Waals surface area (Å²) in [7, 11) is 1.36. The van der Waals surface area contributed by atoms with Crippen LogP contribution in [0, 0.1) is 10.1 Å². The fourth-order valence-electron chi connectivity index (χ4n) is 1.69. The van der Waals surface area contributed by atoms with Crippen LogP contribution in [0.25, 0.3) is 11.4 Å². The second kappa shape index (κ2) is 5.44. The highest BCUT2D eigenvalue weighted by molar-refractivity contribution is 5.70. The smallest absolute Gasteiger partial charge is 0.311 e. The van der Waals surface area contributed by atoms with Gasteiger partial charge in [-0.2, -0.15) is 5.10 Å². The number of methoxy groups -OCH3 is 1. The van der Waals surface area contributed by atoms with Crippen molar-refractivity contribution < 1.29 is 14.8 Å². The molecule has 0 aliphatic rings. The number of ether oxygens (including phenoxy) is 1. The summed E-state index contributed by atoms with van der Waals surface area (Å²) >= 11 is 0. The Bertz CT molecular complexity index is 596. The molecule has 0 saturated carbocycles. The van der Waals surface area contributed by atoms with Crippen molar-refractivity contribution in [1.82, 2.24) is 14.8 Å². The molecule has 0 radical (unpaired) electrons. The van der Waals surface area contributed by atoms with Gasteiger partial charge in [-0.15, -0.1) is 0 Å². The van der Waals surface area contributed by atoms with Crippen LogP contribution in [0.5, 0.6) is 5.75 Å². The summed E-state index contributed by atoms with van der Waals surface area (Å²) in [6.07, 6.45) is 1.45. The summed E-state index contributed by atoms with van der Waals surface area (Å²) in [4.78, 5) is 14.4. The molecule has 1 heterocycles. The molecule has 0 atom stereocenters. The second-order valence-electron chi connectivity index (χ2n) is 3.67. The first-order chi connectivity index (χ1) is 9.17. The zero-order valence-electron chi connectivity index (χ0n) is 10.2. The van der Waals surface area contributed by atoms with Crippen LogP contribution >= 0.6 is 0 Å². The molecular weight excluding hydrogens is 252 g/mol. The third-order valence-electron chi connectivity index (χ3n) is 2.50. The molecule has 8 heteroatoms. The van der Waals surface area contributed by atoms with Crippen molar-refractivity contribution in [3.05, 3.63) is 34.6 Å². The average molecular weight is 264 g/mol. The molecule has 0 fully saturated rings. The number of nitro groups is 1. The number of aliphatic hydroxyl groups excluding tert-OH is 1. The lowest BCUT2D eigenvalue weighted by Crippen LogP contribution is -2.02. The van der Waals surface area contributed by atoms with Crippen LogP contribution in [0.1, 0.15) is 0 Å². The van der Waals surface area contributed by atoms with Crippen molar-refractivity contribution in [2.45, 2.75) is 6.54 Å². The number of nitrogens with zero attached hydrogens (tertiary/aromatic N) is 4. The third-order valence-corrected chi connectivity index (χ3v) is 2.50. The molecule has 0 bridgehead atoms. The number of hydrogen-bond acceptors (Lipinski definition) is 6. The summed E-state index contributed by atoms with van der Waals surface area (Å²) in [5, 5.41) is 23.9. The van der Waals surface area contributed by atoms with E-state index < -0.39 is 4.92 Å². The first-order valence-corrected chi connectivity index (χ1v) is 5.49. The van der Waals surface area contributed by atoms with Gasteiger partial charge in [0.15, 0.2) is 5.82 Å². The maximum absolute atomic E-state index is 10.9. The molecule has 0 aliphatic heterocycles. The molecule has 0 amide bonds. The average Bonchev–Trinajstić information content (AvgIpc) is 2.86. The quantitative estimate of drug-likeness (QED) is 0.634. The van der Waals surface area contributed by atoms with Crippen molar-refractivity contribution >= 4 is 5.69 Å². The van der Waals surface area contributed by atoms with E-state index in [1.54, 1.807) is 12.1 Å². The van der Waals surface area contributed by atoms with Crippen LogP contribution in [-0.2, 0) is 6.54 Å². The van der Waals surface area contributed by atoms with E-state index in [0.29, 0.717) is 17.9 Å². The summed E-state index contributed by atoms with van der Waals surface area (Å²) in [6, 6.07) is 4.54. The number of para-hydroxylation sites is 1. The lowest BCUT2D eigenvalue weighted by atomic mass is 10.1. The third kappa shape index (κ3) is 2.52. The molecule has 2 aromatic rings. The molecule has 0 spiro atoms.